The van der Waals surface area contributed by atoms with Crippen LogP contribution < -0.4 is 5.32 Å². The Morgan fingerprint density at radius 1 is 1.43 bits per heavy atom. The van der Waals surface area contributed by atoms with Crippen LogP contribution in [0.3, 0.4) is 0 Å². The van der Waals surface area contributed by atoms with Crippen LogP contribution in [0.2, 0.25) is 10.0 Å². The van der Waals surface area contributed by atoms with Crippen LogP contribution in [0.25, 0.3) is 0 Å². The lowest BCUT2D eigenvalue weighted by Crippen LogP contribution is -2.02. The second-order valence-corrected chi connectivity index (χ2v) is 4.79. The third kappa shape index (κ3) is 3.19. The van der Waals surface area contributed by atoms with E-state index in [2.05, 4.69) is 27.8 Å². The summed E-state index contributed by atoms with van der Waals surface area (Å²) in [6.07, 6.45) is 0. The second kappa shape index (κ2) is 5.06. The van der Waals surface area contributed by atoms with E-state index in [4.69, 9.17) is 23.2 Å². The summed E-state index contributed by atoms with van der Waals surface area (Å²) in [6, 6.07) is 3.60. The maximum atomic E-state index is 6.01. The zero-order valence-corrected chi connectivity index (χ0v) is 10.8. The molecule has 0 aromatic heterocycles. The monoisotopic (exact) mass is 293 g/mol. The summed E-state index contributed by atoms with van der Waals surface area (Å²) in [5.41, 5.74) is 1.78. The SMILES string of the molecule is C=C(C)CNc1c(Cl)cc(Br)cc1Cl. The van der Waals surface area contributed by atoms with Crippen LogP contribution in [0.15, 0.2) is 28.8 Å². The minimum Gasteiger partial charge on any atom is -0.379 e. The lowest BCUT2D eigenvalue weighted by molar-refractivity contribution is 1.22. The summed E-state index contributed by atoms with van der Waals surface area (Å²) < 4.78 is 0.869. The zero-order valence-electron chi connectivity index (χ0n) is 7.70. The molecule has 0 spiro atoms. The first-order valence-electron chi connectivity index (χ1n) is 4.03. The molecule has 0 atom stereocenters. The van der Waals surface area contributed by atoms with Gasteiger partial charge in [-0.1, -0.05) is 51.3 Å². The van der Waals surface area contributed by atoms with Crippen molar-refractivity contribution in [1.82, 2.24) is 0 Å². The highest BCUT2D eigenvalue weighted by Gasteiger charge is 2.06. The largest absolute Gasteiger partial charge is 0.379 e. The molecule has 76 valence electrons. The van der Waals surface area contributed by atoms with E-state index in [0.29, 0.717) is 16.6 Å². The lowest BCUT2D eigenvalue weighted by Gasteiger charge is -2.10. The molecule has 0 radical (unpaired) electrons. The van der Waals surface area contributed by atoms with E-state index in [9.17, 15) is 0 Å². The van der Waals surface area contributed by atoms with Crippen molar-refractivity contribution in [3.05, 3.63) is 38.8 Å². The molecule has 1 nitrogen and oxygen atoms in total. The number of hydrogen-bond acceptors (Lipinski definition) is 1. The van der Waals surface area contributed by atoms with Gasteiger partial charge in [0.25, 0.3) is 0 Å². The molecule has 0 saturated heterocycles. The van der Waals surface area contributed by atoms with Gasteiger partial charge in [0.05, 0.1) is 15.7 Å². The van der Waals surface area contributed by atoms with Crippen molar-refractivity contribution in [1.29, 1.82) is 0 Å². The van der Waals surface area contributed by atoms with Gasteiger partial charge < -0.3 is 5.32 Å². The van der Waals surface area contributed by atoms with Crippen molar-refractivity contribution >= 4 is 44.8 Å². The van der Waals surface area contributed by atoms with E-state index in [1.807, 2.05) is 6.92 Å². The molecule has 14 heavy (non-hydrogen) atoms. The van der Waals surface area contributed by atoms with E-state index in [0.717, 1.165) is 15.7 Å². The molecule has 1 rings (SSSR count). The van der Waals surface area contributed by atoms with Gasteiger partial charge in [-0.3, -0.25) is 0 Å². The van der Waals surface area contributed by atoms with Crippen LogP contribution in [0.4, 0.5) is 5.69 Å². The molecule has 4 heteroatoms. The van der Waals surface area contributed by atoms with Gasteiger partial charge in [0, 0.05) is 11.0 Å². The summed E-state index contributed by atoms with van der Waals surface area (Å²) in [5, 5.41) is 4.33. The molecule has 0 aliphatic carbocycles. The van der Waals surface area contributed by atoms with E-state index < -0.39 is 0 Å². The molecular weight excluding hydrogens is 285 g/mol. The fourth-order valence-corrected chi connectivity index (χ4v) is 2.29. The third-order valence-electron chi connectivity index (χ3n) is 1.57. The Morgan fingerprint density at radius 3 is 2.36 bits per heavy atom. The van der Waals surface area contributed by atoms with Crippen LogP contribution in [-0.2, 0) is 0 Å². The molecule has 1 N–H and O–H groups in total. The van der Waals surface area contributed by atoms with E-state index in [1.165, 1.54) is 0 Å². The topological polar surface area (TPSA) is 12.0 Å². The quantitative estimate of drug-likeness (QED) is 0.794. The van der Waals surface area contributed by atoms with Crippen LogP contribution in [0.1, 0.15) is 6.92 Å². The van der Waals surface area contributed by atoms with Gasteiger partial charge in [0.2, 0.25) is 0 Å². The number of hydrogen-bond donors (Lipinski definition) is 1. The van der Waals surface area contributed by atoms with Crippen molar-refractivity contribution in [2.75, 3.05) is 11.9 Å². The number of benzene rings is 1. The molecule has 1 aromatic carbocycles. The summed E-state index contributed by atoms with van der Waals surface area (Å²) >= 11 is 15.3. The fourth-order valence-electron chi connectivity index (χ4n) is 0.950. The van der Waals surface area contributed by atoms with Gasteiger partial charge in [-0.15, -0.1) is 0 Å². The first-order valence-corrected chi connectivity index (χ1v) is 5.58. The van der Waals surface area contributed by atoms with Crippen LogP contribution in [0.5, 0.6) is 0 Å². The minimum atomic E-state index is 0.602. The van der Waals surface area contributed by atoms with Crippen molar-refractivity contribution in [2.24, 2.45) is 0 Å². The highest BCUT2D eigenvalue weighted by molar-refractivity contribution is 9.10. The highest BCUT2D eigenvalue weighted by Crippen LogP contribution is 2.33. The van der Waals surface area contributed by atoms with Gasteiger partial charge >= 0.3 is 0 Å². The Hall–Kier alpha value is -0.180. The van der Waals surface area contributed by atoms with Crippen molar-refractivity contribution < 1.29 is 0 Å². The standard InChI is InChI=1S/C10H10BrCl2N/c1-6(2)5-14-10-8(12)3-7(11)4-9(10)13/h3-4,14H,1,5H2,2H3. The van der Waals surface area contributed by atoms with Crippen molar-refractivity contribution in [3.63, 3.8) is 0 Å². The van der Waals surface area contributed by atoms with Crippen molar-refractivity contribution in [3.8, 4) is 0 Å². The second-order valence-electron chi connectivity index (χ2n) is 3.06. The first-order chi connectivity index (χ1) is 6.50. The Bertz CT molecular complexity index is 340. The van der Waals surface area contributed by atoms with Crippen LogP contribution >= 0.6 is 39.1 Å². The number of anilines is 1. The predicted molar refractivity (Wildman–Crippen MR) is 67.5 cm³/mol. The molecule has 0 aliphatic heterocycles. The number of halogens is 3. The number of nitrogens with one attached hydrogen (secondary N) is 1. The first kappa shape index (κ1) is 11.9. The minimum absolute atomic E-state index is 0.602. The maximum absolute atomic E-state index is 6.01. The van der Waals surface area contributed by atoms with Gasteiger partial charge in [-0.05, 0) is 19.1 Å². The molecule has 0 bridgehead atoms. The molecule has 0 fully saturated rings. The molecule has 0 amide bonds. The van der Waals surface area contributed by atoms with Gasteiger partial charge in [-0.2, -0.15) is 0 Å². The Kier molecular flexibility index (Phi) is 4.30. The van der Waals surface area contributed by atoms with E-state index in [1.54, 1.807) is 12.1 Å². The molecule has 0 unspecified atom stereocenters. The molecule has 0 saturated carbocycles. The molecule has 1 aromatic rings. The predicted octanol–water partition coefficient (Wildman–Crippen LogP) is 4.74. The van der Waals surface area contributed by atoms with Gasteiger partial charge in [-0.25, -0.2) is 0 Å². The third-order valence-corrected chi connectivity index (χ3v) is 2.63. The highest BCUT2D eigenvalue weighted by atomic mass is 79.9. The van der Waals surface area contributed by atoms with E-state index >= 15 is 0 Å². The average molecular weight is 295 g/mol. The van der Waals surface area contributed by atoms with Crippen molar-refractivity contribution in [2.45, 2.75) is 6.92 Å². The van der Waals surface area contributed by atoms with E-state index in [-0.39, 0.29) is 0 Å². The zero-order chi connectivity index (χ0) is 10.7. The summed E-state index contributed by atoms with van der Waals surface area (Å²) in [4.78, 5) is 0. The summed E-state index contributed by atoms with van der Waals surface area (Å²) in [7, 11) is 0. The van der Waals surface area contributed by atoms with Crippen LogP contribution in [-0.4, -0.2) is 6.54 Å². The molecular formula is C10H10BrCl2N. The normalized spacial score (nSPS) is 10.0. The van der Waals surface area contributed by atoms with Crippen LogP contribution in [0, 0.1) is 0 Å². The molecule has 0 aliphatic rings. The smallest absolute Gasteiger partial charge is 0.0722 e. The summed E-state index contributed by atoms with van der Waals surface area (Å²) in [6.45, 7) is 6.40. The molecule has 0 heterocycles. The number of rotatable bonds is 3. The fraction of sp³-hybridized carbons (Fsp3) is 0.200. The Balaban J connectivity index is 2.91. The van der Waals surface area contributed by atoms with Gasteiger partial charge in [0.1, 0.15) is 0 Å². The maximum Gasteiger partial charge on any atom is 0.0722 e. The average Bonchev–Trinajstić information content (AvgIpc) is 2.01. The lowest BCUT2D eigenvalue weighted by atomic mass is 10.3. The Morgan fingerprint density at radius 2 is 1.93 bits per heavy atom. The summed E-state index contributed by atoms with van der Waals surface area (Å²) in [5.74, 6) is 0. The Labute approximate surface area is 102 Å². The van der Waals surface area contributed by atoms with Gasteiger partial charge in [0.15, 0.2) is 0 Å².